The normalized spacial score (nSPS) is 10.3. The van der Waals surface area contributed by atoms with Gasteiger partial charge in [0.25, 0.3) is 0 Å². The summed E-state index contributed by atoms with van der Waals surface area (Å²) >= 11 is 0. The Bertz CT molecular complexity index is 632. The van der Waals surface area contributed by atoms with Crippen LogP contribution in [-0.4, -0.2) is 10.2 Å². The first-order chi connectivity index (χ1) is 9.43. The van der Waals surface area contributed by atoms with Crippen molar-refractivity contribution in [3.8, 4) is 17.0 Å². The van der Waals surface area contributed by atoms with E-state index >= 15 is 0 Å². The smallest absolute Gasteiger partial charge is 0.165 e. The summed E-state index contributed by atoms with van der Waals surface area (Å²) in [7, 11) is 0. The first kappa shape index (κ1) is 11.5. The van der Waals surface area contributed by atoms with E-state index in [9.17, 15) is 0 Å². The lowest BCUT2D eigenvalue weighted by Crippen LogP contribution is -1.95. The molecule has 0 unspecified atom stereocenters. The van der Waals surface area contributed by atoms with E-state index in [1.807, 2.05) is 60.7 Å². The van der Waals surface area contributed by atoms with Gasteiger partial charge in [0.1, 0.15) is 12.3 Å². The molecule has 94 valence electrons. The van der Waals surface area contributed by atoms with Crippen LogP contribution in [0.4, 0.5) is 0 Å². The van der Waals surface area contributed by atoms with Crippen molar-refractivity contribution in [2.75, 3.05) is 0 Å². The number of hydrogen-bond acceptors (Lipinski definition) is 2. The standard InChI is InChI=1S/C16H14N2O/c1-3-7-13(8-4-1)12-19-15-11-17-18-16(15)14-9-5-2-6-10-14/h1-11H,12H2,(H,17,18). The van der Waals surface area contributed by atoms with Gasteiger partial charge in [-0.1, -0.05) is 60.7 Å². The average molecular weight is 250 g/mol. The van der Waals surface area contributed by atoms with Crippen molar-refractivity contribution in [2.45, 2.75) is 6.61 Å². The minimum Gasteiger partial charge on any atom is -0.485 e. The zero-order valence-corrected chi connectivity index (χ0v) is 10.4. The predicted octanol–water partition coefficient (Wildman–Crippen LogP) is 3.66. The van der Waals surface area contributed by atoms with E-state index in [0.29, 0.717) is 6.61 Å². The van der Waals surface area contributed by atoms with Crippen LogP contribution in [-0.2, 0) is 6.61 Å². The Hall–Kier alpha value is -2.55. The van der Waals surface area contributed by atoms with Crippen molar-refractivity contribution >= 4 is 0 Å². The Morgan fingerprint density at radius 1 is 0.895 bits per heavy atom. The molecule has 0 fully saturated rings. The maximum atomic E-state index is 5.82. The van der Waals surface area contributed by atoms with Crippen LogP contribution >= 0.6 is 0 Å². The summed E-state index contributed by atoms with van der Waals surface area (Å²) < 4.78 is 5.82. The number of aromatic nitrogens is 2. The second-order valence-corrected chi connectivity index (χ2v) is 4.25. The van der Waals surface area contributed by atoms with Crippen molar-refractivity contribution in [3.05, 3.63) is 72.4 Å². The fraction of sp³-hybridized carbons (Fsp3) is 0.0625. The Morgan fingerprint density at radius 3 is 2.32 bits per heavy atom. The number of H-pyrrole nitrogens is 1. The van der Waals surface area contributed by atoms with Crippen LogP contribution in [0.3, 0.4) is 0 Å². The summed E-state index contributed by atoms with van der Waals surface area (Å²) in [6, 6.07) is 20.1. The third kappa shape index (κ3) is 2.65. The molecule has 0 radical (unpaired) electrons. The van der Waals surface area contributed by atoms with E-state index in [4.69, 9.17) is 4.74 Å². The van der Waals surface area contributed by atoms with Crippen LogP contribution in [0.1, 0.15) is 5.56 Å². The molecule has 1 N–H and O–H groups in total. The van der Waals surface area contributed by atoms with Crippen LogP contribution in [0, 0.1) is 0 Å². The molecule has 0 aliphatic rings. The van der Waals surface area contributed by atoms with Crippen LogP contribution in [0.5, 0.6) is 5.75 Å². The van der Waals surface area contributed by atoms with Gasteiger partial charge >= 0.3 is 0 Å². The Kier molecular flexibility index (Phi) is 3.28. The first-order valence-corrected chi connectivity index (χ1v) is 6.19. The van der Waals surface area contributed by atoms with E-state index in [1.165, 1.54) is 0 Å². The molecule has 0 bridgehead atoms. The van der Waals surface area contributed by atoms with Gasteiger partial charge in [-0.15, -0.1) is 0 Å². The zero-order chi connectivity index (χ0) is 12.9. The Labute approximate surface area is 111 Å². The van der Waals surface area contributed by atoms with Crippen LogP contribution in [0.25, 0.3) is 11.3 Å². The number of nitrogens with one attached hydrogen (secondary N) is 1. The Balaban J connectivity index is 1.78. The molecule has 1 heterocycles. The van der Waals surface area contributed by atoms with Crippen molar-refractivity contribution in [1.82, 2.24) is 10.2 Å². The summed E-state index contributed by atoms with van der Waals surface area (Å²) in [5, 5.41) is 7.04. The van der Waals surface area contributed by atoms with Gasteiger partial charge in [0, 0.05) is 5.56 Å². The highest BCUT2D eigenvalue weighted by atomic mass is 16.5. The maximum Gasteiger partial charge on any atom is 0.165 e. The van der Waals surface area contributed by atoms with Gasteiger partial charge in [-0.25, -0.2) is 0 Å². The number of aromatic amines is 1. The molecular formula is C16H14N2O. The lowest BCUT2D eigenvalue weighted by molar-refractivity contribution is 0.307. The molecule has 0 saturated heterocycles. The molecule has 3 heteroatoms. The van der Waals surface area contributed by atoms with Crippen LogP contribution < -0.4 is 4.74 Å². The lowest BCUT2D eigenvalue weighted by atomic mass is 10.1. The van der Waals surface area contributed by atoms with Crippen molar-refractivity contribution < 1.29 is 4.74 Å². The van der Waals surface area contributed by atoms with Crippen molar-refractivity contribution in [3.63, 3.8) is 0 Å². The van der Waals surface area contributed by atoms with Crippen molar-refractivity contribution in [1.29, 1.82) is 0 Å². The average Bonchev–Trinajstić information content (AvgIpc) is 2.95. The van der Waals surface area contributed by atoms with Crippen LogP contribution in [0.15, 0.2) is 66.9 Å². The second-order valence-electron chi connectivity index (χ2n) is 4.25. The number of ether oxygens (including phenoxy) is 1. The monoisotopic (exact) mass is 250 g/mol. The largest absolute Gasteiger partial charge is 0.485 e. The minimum atomic E-state index is 0.542. The SMILES string of the molecule is c1ccc(COc2cn[nH]c2-c2ccccc2)cc1. The summed E-state index contributed by atoms with van der Waals surface area (Å²) in [6.45, 7) is 0.542. The van der Waals surface area contributed by atoms with E-state index in [-0.39, 0.29) is 0 Å². The number of nitrogens with zero attached hydrogens (tertiary/aromatic N) is 1. The second kappa shape index (κ2) is 5.40. The molecule has 3 rings (SSSR count). The van der Waals surface area contributed by atoms with E-state index in [2.05, 4.69) is 10.2 Å². The third-order valence-electron chi connectivity index (χ3n) is 2.90. The molecule has 2 aromatic carbocycles. The highest BCUT2D eigenvalue weighted by molar-refractivity contribution is 5.65. The quantitative estimate of drug-likeness (QED) is 0.767. The molecule has 0 atom stereocenters. The number of rotatable bonds is 4. The van der Waals surface area contributed by atoms with Gasteiger partial charge in [-0.3, -0.25) is 5.10 Å². The highest BCUT2D eigenvalue weighted by Gasteiger charge is 2.08. The molecule has 0 saturated carbocycles. The van der Waals surface area contributed by atoms with E-state index < -0.39 is 0 Å². The minimum absolute atomic E-state index is 0.542. The summed E-state index contributed by atoms with van der Waals surface area (Å²) in [4.78, 5) is 0. The molecule has 0 amide bonds. The fourth-order valence-corrected chi connectivity index (χ4v) is 1.93. The van der Waals surface area contributed by atoms with Crippen LogP contribution in [0.2, 0.25) is 0 Å². The molecule has 0 aliphatic carbocycles. The Morgan fingerprint density at radius 2 is 1.58 bits per heavy atom. The molecule has 0 spiro atoms. The third-order valence-corrected chi connectivity index (χ3v) is 2.90. The van der Waals surface area contributed by atoms with Gasteiger partial charge in [0.15, 0.2) is 5.75 Å². The van der Waals surface area contributed by atoms with Gasteiger partial charge in [-0.2, -0.15) is 5.10 Å². The first-order valence-electron chi connectivity index (χ1n) is 6.19. The highest BCUT2D eigenvalue weighted by Crippen LogP contribution is 2.27. The molecular weight excluding hydrogens is 236 g/mol. The lowest BCUT2D eigenvalue weighted by Gasteiger charge is -2.06. The fourth-order valence-electron chi connectivity index (χ4n) is 1.93. The molecule has 1 aromatic heterocycles. The topological polar surface area (TPSA) is 37.9 Å². The van der Waals surface area contributed by atoms with E-state index in [1.54, 1.807) is 6.20 Å². The summed E-state index contributed by atoms with van der Waals surface area (Å²) in [6.07, 6.45) is 1.71. The maximum absolute atomic E-state index is 5.82. The van der Waals surface area contributed by atoms with Gasteiger partial charge in [0.05, 0.1) is 6.20 Å². The van der Waals surface area contributed by atoms with Crippen molar-refractivity contribution in [2.24, 2.45) is 0 Å². The zero-order valence-electron chi connectivity index (χ0n) is 10.4. The summed E-state index contributed by atoms with van der Waals surface area (Å²) in [5.74, 6) is 0.773. The predicted molar refractivity (Wildman–Crippen MR) is 74.8 cm³/mol. The van der Waals surface area contributed by atoms with E-state index in [0.717, 1.165) is 22.6 Å². The molecule has 3 aromatic rings. The molecule has 3 nitrogen and oxygen atoms in total. The molecule has 19 heavy (non-hydrogen) atoms. The van der Waals surface area contributed by atoms with Gasteiger partial charge < -0.3 is 4.74 Å². The number of hydrogen-bond donors (Lipinski definition) is 1. The number of benzene rings is 2. The molecule has 0 aliphatic heterocycles. The van der Waals surface area contributed by atoms with Gasteiger partial charge in [-0.05, 0) is 5.56 Å². The summed E-state index contributed by atoms with van der Waals surface area (Å²) in [5.41, 5.74) is 3.13. The van der Waals surface area contributed by atoms with Gasteiger partial charge in [0.2, 0.25) is 0 Å².